The number of ether oxygens (including phenoxy) is 1. The Labute approximate surface area is 282 Å². The monoisotopic (exact) mass is 652 g/mol. The Balaban J connectivity index is 1.29. The summed E-state index contributed by atoms with van der Waals surface area (Å²) in [6, 6.07) is 18.4. The predicted molar refractivity (Wildman–Crippen MR) is 188 cm³/mol. The molecule has 254 valence electrons. The number of hydrogen-bond donors (Lipinski definition) is 6. The number of rotatable bonds is 7. The minimum absolute atomic E-state index is 0.164. The number of pyridine rings is 1. The molecular formula is C37H48N8O3. The van der Waals surface area contributed by atoms with Gasteiger partial charge in [0.25, 0.3) is 0 Å². The van der Waals surface area contributed by atoms with E-state index in [9.17, 15) is 9.90 Å². The summed E-state index contributed by atoms with van der Waals surface area (Å²) < 4.78 is 8.03. The summed E-state index contributed by atoms with van der Waals surface area (Å²) in [4.78, 5) is 20.0. The molecule has 2 heterocycles. The number of amides is 2. The van der Waals surface area contributed by atoms with Gasteiger partial charge in [0, 0.05) is 31.8 Å². The van der Waals surface area contributed by atoms with E-state index in [1.165, 1.54) is 4.57 Å². The number of aromatic nitrogens is 1. The molecule has 11 heteroatoms. The van der Waals surface area contributed by atoms with Crippen LogP contribution in [0.1, 0.15) is 81.7 Å². The SMILES string of the molecule is Cc1ccc(N=C(CC(=N)C(C)(C)C)NC(=O)NC2CCC(Oc3ccc(=N)n(C(=N)N4CCC(CO)CC4)c3)c3ccccc32)cc1. The third kappa shape index (κ3) is 8.57. The first kappa shape index (κ1) is 34.6. The second-order valence-corrected chi connectivity index (χ2v) is 13.8. The van der Waals surface area contributed by atoms with Gasteiger partial charge in [-0.1, -0.05) is 62.7 Å². The minimum Gasteiger partial charge on any atom is -0.484 e. The van der Waals surface area contributed by atoms with Crippen molar-refractivity contribution >= 4 is 29.2 Å². The third-order valence-corrected chi connectivity index (χ3v) is 9.15. The van der Waals surface area contributed by atoms with Crippen molar-refractivity contribution in [2.24, 2.45) is 16.3 Å². The van der Waals surface area contributed by atoms with Crippen molar-refractivity contribution in [3.05, 3.63) is 89.0 Å². The number of aliphatic imine (C=N–C) groups is 1. The van der Waals surface area contributed by atoms with Crippen LogP contribution in [0.3, 0.4) is 0 Å². The van der Waals surface area contributed by atoms with Gasteiger partial charge in [-0.05, 0) is 79.3 Å². The number of aliphatic hydroxyl groups excluding tert-OH is 1. The van der Waals surface area contributed by atoms with Crippen molar-refractivity contribution in [1.82, 2.24) is 20.1 Å². The largest absolute Gasteiger partial charge is 0.484 e. The van der Waals surface area contributed by atoms with E-state index in [4.69, 9.17) is 26.0 Å². The number of benzene rings is 2. The molecule has 1 fully saturated rings. The number of amidine groups is 1. The Morgan fingerprint density at radius 1 is 0.979 bits per heavy atom. The maximum Gasteiger partial charge on any atom is 0.320 e. The van der Waals surface area contributed by atoms with E-state index < -0.39 is 0 Å². The molecule has 2 aliphatic rings. The molecule has 1 saturated heterocycles. The Bertz CT molecular complexity index is 1720. The highest BCUT2D eigenvalue weighted by Gasteiger charge is 2.30. The summed E-state index contributed by atoms with van der Waals surface area (Å²) in [7, 11) is 0. The molecule has 3 aromatic rings. The van der Waals surface area contributed by atoms with Gasteiger partial charge < -0.3 is 25.5 Å². The van der Waals surface area contributed by atoms with Gasteiger partial charge in [-0.2, -0.15) is 0 Å². The van der Waals surface area contributed by atoms with Gasteiger partial charge in [-0.25, -0.2) is 9.79 Å². The van der Waals surface area contributed by atoms with Gasteiger partial charge in [0.2, 0.25) is 5.96 Å². The van der Waals surface area contributed by atoms with E-state index in [1.807, 2.05) is 81.1 Å². The summed E-state index contributed by atoms with van der Waals surface area (Å²) >= 11 is 0. The lowest BCUT2D eigenvalue weighted by Gasteiger charge is -2.34. The van der Waals surface area contributed by atoms with Crippen molar-refractivity contribution in [2.75, 3.05) is 19.7 Å². The number of nitrogens with one attached hydrogen (secondary N) is 5. The summed E-state index contributed by atoms with van der Waals surface area (Å²) in [6.45, 7) is 9.43. The van der Waals surface area contributed by atoms with Crippen LogP contribution < -0.4 is 20.9 Å². The molecular weight excluding hydrogens is 604 g/mol. The van der Waals surface area contributed by atoms with Crippen molar-refractivity contribution in [3.8, 4) is 5.75 Å². The van der Waals surface area contributed by atoms with Crippen molar-refractivity contribution < 1.29 is 14.6 Å². The van der Waals surface area contributed by atoms with E-state index >= 15 is 0 Å². The molecule has 0 spiro atoms. The molecule has 2 amide bonds. The number of carbonyl (C=O) groups is 1. The lowest BCUT2D eigenvalue weighted by Crippen LogP contribution is -2.45. The van der Waals surface area contributed by atoms with E-state index in [-0.39, 0.29) is 54.0 Å². The second kappa shape index (κ2) is 15.0. The molecule has 48 heavy (non-hydrogen) atoms. The molecule has 2 aromatic carbocycles. The van der Waals surface area contributed by atoms with Crippen LogP contribution in [0, 0.1) is 34.5 Å². The quantitative estimate of drug-likeness (QED) is 0.132. The van der Waals surface area contributed by atoms with E-state index in [1.54, 1.807) is 18.3 Å². The summed E-state index contributed by atoms with van der Waals surface area (Å²) in [5.74, 6) is 1.46. The Kier molecular flexibility index (Phi) is 10.8. The number of piperidine rings is 1. The smallest absolute Gasteiger partial charge is 0.320 e. The molecule has 0 radical (unpaired) electrons. The standard InChI is InChI=1S/C37H48N8O3/c1-24-9-11-26(12-10-24)41-34(21-32(38)37(2,3)4)43-36(47)42-30-14-15-31(29-8-6-5-7-28(29)30)48-27-13-16-33(39)45(22-27)35(40)44-19-17-25(23-46)18-20-44/h5-13,16,22,25,30-31,38-40,46H,14-15,17-21,23H2,1-4H3,(H2,41,42,43,47). The molecule has 0 saturated carbocycles. The molecule has 6 N–H and O–H groups in total. The number of urea groups is 1. The van der Waals surface area contributed by atoms with Crippen LogP contribution in [-0.2, 0) is 0 Å². The maximum absolute atomic E-state index is 13.4. The zero-order valence-corrected chi connectivity index (χ0v) is 28.3. The molecule has 2 atom stereocenters. The van der Waals surface area contributed by atoms with E-state index in [2.05, 4.69) is 10.6 Å². The van der Waals surface area contributed by atoms with Crippen molar-refractivity contribution in [1.29, 1.82) is 16.2 Å². The fraction of sp³-hybridized carbons (Fsp3) is 0.432. The number of carbonyl (C=O) groups excluding carboxylic acids is 1. The lowest BCUT2D eigenvalue weighted by atomic mass is 9.85. The summed E-state index contributed by atoms with van der Waals surface area (Å²) in [5, 5.41) is 41.4. The van der Waals surface area contributed by atoms with Crippen LogP contribution in [0.25, 0.3) is 0 Å². The van der Waals surface area contributed by atoms with Crippen LogP contribution in [0.15, 0.2) is 71.9 Å². The van der Waals surface area contributed by atoms with Gasteiger partial charge in [0.05, 0.1) is 17.9 Å². The minimum atomic E-state index is -0.379. The average molecular weight is 653 g/mol. The first-order chi connectivity index (χ1) is 22.9. The number of aryl methyl sites for hydroxylation is 1. The molecule has 1 aliphatic carbocycles. The number of likely N-dealkylation sites (tertiary alicyclic amines) is 1. The Morgan fingerprint density at radius 2 is 1.67 bits per heavy atom. The van der Waals surface area contributed by atoms with Gasteiger partial charge in [0.1, 0.15) is 23.2 Å². The van der Waals surface area contributed by atoms with Crippen LogP contribution in [0.5, 0.6) is 5.75 Å². The van der Waals surface area contributed by atoms with Gasteiger partial charge in [-0.3, -0.25) is 20.7 Å². The highest BCUT2D eigenvalue weighted by Crippen LogP contribution is 2.38. The average Bonchev–Trinajstić information content (AvgIpc) is 3.07. The Morgan fingerprint density at radius 3 is 2.33 bits per heavy atom. The number of aliphatic hydroxyl groups is 1. The van der Waals surface area contributed by atoms with Crippen LogP contribution in [-0.4, -0.2) is 57.8 Å². The van der Waals surface area contributed by atoms with Crippen LogP contribution in [0.2, 0.25) is 0 Å². The number of nitrogens with zero attached hydrogens (tertiary/aromatic N) is 3. The zero-order chi connectivity index (χ0) is 34.4. The topological polar surface area (TPSA) is 163 Å². The lowest BCUT2D eigenvalue weighted by molar-refractivity contribution is 0.163. The highest BCUT2D eigenvalue weighted by molar-refractivity contribution is 6.09. The summed E-state index contributed by atoms with van der Waals surface area (Å²) in [6.07, 6.45) is 4.57. The first-order valence-electron chi connectivity index (χ1n) is 16.7. The molecule has 1 aromatic heterocycles. The zero-order valence-electron chi connectivity index (χ0n) is 28.3. The highest BCUT2D eigenvalue weighted by atomic mass is 16.5. The third-order valence-electron chi connectivity index (χ3n) is 9.15. The molecule has 0 bridgehead atoms. The van der Waals surface area contributed by atoms with E-state index in [0.717, 1.165) is 29.5 Å². The maximum atomic E-state index is 13.4. The van der Waals surface area contributed by atoms with Crippen LogP contribution >= 0.6 is 0 Å². The van der Waals surface area contributed by atoms with Crippen molar-refractivity contribution in [2.45, 2.75) is 71.9 Å². The molecule has 1 aliphatic heterocycles. The van der Waals surface area contributed by atoms with Gasteiger partial charge in [-0.15, -0.1) is 0 Å². The van der Waals surface area contributed by atoms with E-state index in [0.29, 0.717) is 48.9 Å². The summed E-state index contributed by atoms with van der Waals surface area (Å²) in [5.41, 5.74) is 4.07. The van der Waals surface area contributed by atoms with Gasteiger partial charge in [0.15, 0.2) is 0 Å². The molecule has 11 nitrogen and oxygen atoms in total. The van der Waals surface area contributed by atoms with Crippen molar-refractivity contribution in [3.63, 3.8) is 0 Å². The fourth-order valence-corrected chi connectivity index (χ4v) is 6.04. The normalized spacial score (nSPS) is 18.5. The molecule has 2 unspecified atom stereocenters. The predicted octanol–water partition coefficient (Wildman–Crippen LogP) is 6.20. The Hall–Kier alpha value is -4.77. The fourth-order valence-electron chi connectivity index (χ4n) is 6.04. The number of hydrogen-bond acceptors (Lipinski definition) is 7. The van der Waals surface area contributed by atoms with Crippen LogP contribution in [0.4, 0.5) is 10.5 Å². The number of fused-ring (bicyclic) bond motifs is 1. The second-order valence-electron chi connectivity index (χ2n) is 13.8. The first-order valence-corrected chi connectivity index (χ1v) is 16.7. The molecule has 5 rings (SSSR count). The van der Waals surface area contributed by atoms with Gasteiger partial charge >= 0.3 is 6.03 Å².